The summed E-state index contributed by atoms with van der Waals surface area (Å²) in [4.78, 5) is 11.7. The number of thioether (sulfide) groups is 1. The fraction of sp³-hybridized carbons (Fsp3) is 0.933. The van der Waals surface area contributed by atoms with Crippen molar-refractivity contribution in [3.05, 3.63) is 0 Å². The van der Waals surface area contributed by atoms with Crippen molar-refractivity contribution in [3.63, 3.8) is 0 Å². The molecule has 5 heteroatoms. The van der Waals surface area contributed by atoms with E-state index in [4.69, 9.17) is 5.11 Å². The number of urea groups is 1. The van der Waals surface area contributed by atoms with Crippen LogP contribution in [0.5, 0.6) is 0 Å². The van der Waals surface area contributed by atoms with Crippen molar-refractivity contribution >= 4 is 17.8 Å². The summed E-state index contributed by atoms with van der Waals surface area (Å²) in [6, 6.07) is 0.249. The fourth-order valence-electron chi connectivity index (χ4n) is 2.42. The quantitative estimate of drug-likeness (QED) is 0.604. The molecule has 0 aromatic rings. The lowest BCUT2D eigenvalue weighted by Gasteiger charge is -2.27. The average Bonchev–Trinajstić information content (AvgIpc) is 2.43. The van der Waals surface area contributed by atoms with Crippen LogP contribution in [-0.4, -0.2) is 41.8 Å². The zero-order chi connectivity index (χ0) is 14.8. The van der Waals surface area contributed by atoms with Crippen molar-refractivity contribution in [2.75, 3.05) is 24.7 Å². The van der Waals surface area contributed by atoms with Gasteiger partial charge in [0.1, 0.15) is 0 Å². The molecule has 0 unspecified atom stereocenters. The number of hydrogen-bond acceptors (Lipinski definition) is 3. The predicted octanol–water partition coefficient (Wildman–Crippen LogP) is 2.62. The van der Waals surface area contributed by atoms with Crippen LogP contribution in [0.2, 0.25) is 0 Å². The van der Waals surface area contributed by atoms with E-state index in [1.165, 1.54) is 5.75 Å². The van der Waals surface area contributed by atoms with Crippen molar-refractivity contribution in [3.8, 4) is 0 Å². The van der Waals surface area contributed by atoms with Gasteiger partial charge in [0, 0.05) is 19.2 Å². The van der Waals surface area contributed by atoms with Crippen molar-refractivity contribution in [2.24, 2.45) is 11.8 Å². The summed E-state index contributed by atoms with van der Waals surface area (Å²) >= 11 is 1.96. The lowest BCUT2D eigenvalue weighted by molar-refractivity contribution is 0.174. The van der Waals surface area contributed by atoms with Crippen LogP contribution in [0.15, 0.2) is 0 Å². The van der Waals surface area contributed by atoms with Crippen LogP contribution in [0.1, 0.15) is 46.0 Å². The molecule has 0 atom stereocenters. The van der Waals surface area contributed by atoms with Crippen molar-refractivity contribution < 1.29 is 9.90 Å². The molecule has 0 saturated heterocycles. The zero-order valence-electron chi connectivity index (χ0n) is 12.9. The highest BCUT2D eigenvalue weighted by Crippen LogP contribution is 2.23. The van der Waals surface area contributed by atoms with E-state index in [2.05, 4.69) is 24.5 Å². The van der Waals surface area contributed by atoms with E-state index in [0.29, 0.717) is 5.92 Å². The third kappa shape index (κ3) is 8.00. The van der Waals surface area contributed by atoms with Gasteiger partial charge in [0.25, 0.3) is 0 Å². The van der Waals surface area contributed by atoms with E-state index in [1.54, 1.807) is 0 Å². The predicted molar refractivity (Wildman–Crippen MR) is 86.1 cm³/mol. The summed E-state index contributed by atoms with van der Waals surface area (Å²) in [6.45, 7) is 5.49. The van der Waals surface area contributed by atoms with Crippen LogP contribution in [0, 0.1) is 11.8 Å². The van der Waals surface area contributed by atoms with Gasteiger partial charge in [-0.05, 0) is 55.4 Å². The first-order chi connectivity index (χ1) is 9.61. The van der Waals surface area contributed by atoms with Crippen molar-refractivity contribution in [1.29, 1.82) is 0 Å². The first kappa shape index (κ1) is 17.6. The van der Waals surface area contributed by atoms with Crippen molar-refractivity contribution in [1.82, 2.24) is 10.6 Å². The van der Waals surface area contributed by atoms with Gasteiger partial charge in [0.2, 0.25) is 0 Å². The summed E-state index contributed by atoms with van der Waals surface area (Å²) in [6.07, 6.45) is 5.05. The maximum atomic E-state index is 11.7. The molecule has 0 heterocycles. The molecule has 2 amide bonds. The summed E-state index contributed by atoms with van der Waals surface area (Å²) in [5, 5.41) is 15.0. The van der Waals surface area contributed by atoms with Gasteiger partial charge < -0.3 is 15.7 Å². The van der Waals surface area contributed by atoms with Crippen molar-refractivity contribution in [2.45, 2.75) is 52.0 Å². The molecule has 0 aromatic carbocycles. The number of amides is 2. The second-order valence-electron chi connectivity index (χ2n) is 6.12. The standard InChI is InChI=1S/C15H30N2O2S/c1-12(2)11-20-9-3-8-16-15(19)17-14-6-4-13(10-18)5-7-14/h12-14,18H,3-11H2,1-2H3,(H2,16,17,19). The lowest BCUT2D eigenvalue weighted by atomic mass is 9.87. The highest BCUT2D eigenvalue weighted by Gasteiger charge is 2.21. The van der Waals surface area contributed by atoms with Gasteiger partial charge in [-0.3, -0.25) is 0 Å². The molecule has 3 N–H and O–H groups in total. The van der Waals surface area contributed by atoms with E-state index in [-0.39, 0.29) is 18.7 Å². The van der Waals surface area contributed by atoms with Gasteiger partial charge in [0.15, 0.2) is 0 Å². The van der Waals surface area contributed by atoms with E-state index < -0.39 is 0 Å². The Hall–Kier alpha value is -0.420. The zero-order valence-corrected chi connectivity index (χ0v) is 13.7. The van der Waals surface area contributed by atoms with Gasteiger partial charge in [-0.25, -0.2) is 4.79 Å². The average molecular weight is 302 g/mol. The van der Waals surface area contributed by atoms with Gasteiger partial charge >= 0.3 is 6.03 Å². The molecule has 1 rings (SSSR count). The SMILES string of the molecule is CC(C)CSCCCNC(=O)NC1CCC(CO)CC1. The molecule has 1 fully saturated rings. The Bertz CT molecular complexity index is 267. The highest BCUT2D eigenvalue weighted by molar-refractivity contribution is 7.99. The second kappa shape index (κ2) is 10.3. The molecule has 1 aliphatic carbocycles. The maximum Gasteiger partial charge on any atom is 0.315 e. The summed E-state index contributed by atoms with van der Waals surface area (Å²) < 4.78 is 0. The monoisotopic (exact) mass is 302 g/mol. The summed E-state index contributed by atoms with van der Waals surface area (Å²) in [7, 11) is 0. The molecular formula is C15H30N2O2S. The Morgan fingerprint density at radius 3 is 2.60 bits per heavy atom. The topological polar surface area (TPSA) is 61.4 Å². The van der Waals surface area contributed by atoms with E-state index in [1.807, 2.05) is 11.8 Å². The number of hydrogen-bond donors (Lipinski definition) is 3. The molecule has 4 nitrogen and oxygen atoms in total. The largest absolute Gasteiger partial charge is 0.396 e. The maximum absolute atomic E-state index is 11.7. The molecule has 20 heavy (non-hydrogen) atoms. The van der Waals surface area contributed by atoms with Crippen LogP contribution in [0.4, 0.5) is 4.79 Å². The number of aliphatic hydroxyl groups excluding tert-OH is 1. The van der Waals surface area contributed by atoms with Crippen LogP contribution in [0.25, 0.3) is 0 Å². The van der Waals surface area contributed by atoms with Crippen LogP contribution in [-0.2, 0) is 0 Å². The van der Waals surface area contributed by atoms with Crippen LogP contribution >= 0.6 is 11.8 Å². The normalized spacial score (nSPS) is 22.8. The summed E-state index contributed by atoms with van der Waals surface area (Å²) in [5.74, 6) is 3.49. The van der Waals surface area contributed by atoms with Crippen LogP contribution in [0.3, 0.4) is 0 Å². The number of nitrogens with one attached hydrogen (secondary N) is 2. The molecule has 0 aliphatic heterocycles. The van der Waals surface area contributed by atoms with Crippen LogP contribution < -0.4 is 10.6 Å². The third-order valence-electron chi connectivity index (χ3n) is 3.64. The molecule has 0 aromatic heterocycles. The Morgan fingerprint density at radius 2 is 2.00 bits per heavy atom. The second-order valence-corrected chi connectivity index (χ2v) is 7.27. The van der Waals surface area contributed by atoms with Gasteiger partial charge in [-0.1, -0.05) is 13.8 Å². The number of carbonyl (C=O) groups excluding carboxylic acids is 1. The number of rotatable bonds is 8. The van der Waals surface area contributed by atoms with Gasteiger partial charge in [-0.15, -0.1) is 0 Å². The minimum Gasteiger partial charge on any atom is -0.396 e. The molecule has 1 aliphatic rings. The molecule has 1 saturated carbocycles. The lowest BCUT2D eigenvalue weighted by Crippen LogP contribution is -2.44. The minimum atomic E-state index is -0.0358. The fourth-order valence-corrected chi connectivity index (χ4v) is 3.41. The highest BCUT2D eigenvalue weighted by atomic mass is 32.2. The van der Waals surface area contributed by atoms with E-state index >= 15 is 0 Å². The Morgan fingerprint density at radius 1 is 1.30 bits per heavy atom. The number of aliphatic hydroxyl groups is 1. The van der Waals surface area contributed by atoms with Gasteiger partial charge in [-0.2, -0.15) is 11.8 Å². The first-order valence-corrected chi connectivity index (χ1v) is 9.00. The smallest absolute Gasteiger partial charge is 0.315 e. The van der Waals surface area contributed by atoms with E-state index in [0.717, 1.165) is 50.3 Å². The first-order valence-electron chi connectivity index (χ1n) is 7.84. The minimum absolute atomic E-state index is 0.0358. The molecule has 0 radical (unpaired) electrons. The van der Waals surface area contributed by atoms with Gasteiger partial charge in [0.05, 0.1) is 0 Å². The molecule has 118 valence electrons. The van der Waals surface area contributed by atoms with E-state index in [9.17, 15) is 4.79 Å². The molecular weight excluding hydrogens is 272 g/mol. The Balaban J connectivity index is 1.98. The number of carbonyl (C=O) groups is 1. The summed E-state index contributed by atoms with van der Waals surface area (Å²) in [5.41, 5.74) is 0. The third-order valence-corrected chi connectivity index (χ3v) is 5.12. The Kier molecular flexibility index (Phi) is 9.10. The Labute approximate surface area is 127 Å². The molecule has 0 spiro atoms. The molecule has 0 bridgehead atoms.